The first-order valence-electron chi connectivity index (χ1n) is 3.22. The number of hydrogen-bond acceptors (Lipinski definition) is 3. The van der Waals surface area contributed by atoms with Crippen molar-refractivity contribution >= 4 is 11.5 Å². The maximum absolute atomic E-state index is 4.06. The van der Waals surface area contributed by atoms with Gasteiger partial charge in [0.15, 0.2) is 0 Å². The molecule has 0 bridgehead atoms. The van der Waals surface area contributed by atoms with Gasteiger partial charge in [0.05, 0.1) is 0 Å². The van der Waals surface area contributed by atoms with E-state index in [4.69, 9.17) is 0 Å². The zero-order valence-electron chi connectivity index (χ0n) is 6.10. The smallest absolute Gasteiger partial charge is 0.0150 e. The van der Waals surface area contributed by atoms with Gasteiger partial charge in [0.1, 0.15) is 0 Å². The molecule has 0 unspecified atom stereocenters. The van der Waals surface area contributed by atoms with Crippen molar-refractivity contribution < 1.29 is 21.1 Å². The molecule has 2 nitrogen and oxygen atoms in total. The van der Waals surface area contributed by atoms with Gasteiger partial charge >= 0.3 is 0 Å². The fraction of sp³-hybridized carbons (Fsp3) is 0. The second kappa shape index (κ2) is 4.48. The Morgan fingerprint density at radius 2 is 1.92 bits per heavy atom. The van der Waals surface area contributed by atoms with Gasteiger partial charge in [-0.25, -0.2) is 0 Å². The summed E-state index contributed by atoms with van der Waals surface area (Å²) in [6.45, 7) is 0. The van der Waals surface area contributed by atoms with Crippen LogP contribution in [0, 0.1) is 5.51 Å². The van der Waals surface area contributed by atoms with Crippen molar-refractivity contribution in [1.29, 1.82) is 0 Å². The minimum atomic E-state index is 0. The molecule has 0 aliphatic rings. The maximum atomic E-state index is 4.06. The van der Waals surface area contributed by atoms with E-state index in [1.165, 1.54) is 11.5 Å². The maximum Gasteiger partial charge on any atom is 0.0150 e. The molecule has 2 rings (SSSR count). The Bertz CT molecular complexity index is 320. The summed E-state index contributed by atoms with van der Waals surface area (Å²) >= 11 is 1.25. The first-order valence-corrected chi connectivity index (χ1v) is 3.99. The first-order chi connectivity index (χ1) is 5.47. The van der Waals surface area contributed by atoms with Gasteiger partial charge in [0.2, 0.25) is 0 Å². The number of rotatable bonds is 1. The van der Waals surface area contributed by atoms with Gasteiger partial charge in [-0.15, -0.1) is 0 Å². The molecule has 0 spiro atoms. The third-order valence-electron chi connectivity index (χ3n) is 1.36. The minimum Gasteiger partial charge on any atom is -0.422 e. The Hall–Kier alpha value is -0.532. The molecule has 1 aromatic heterocycles. The van der Waals surface area contributed by atoms with Crippen LogP contribution in [0.1, 0.15) is 0 Å². The van der Waals surface area contributed by atoms with E-state index in [2.05, 4.69) is 14.9 Å². The molecule has 0 N–H and O–H groups in total. The van der Waals surface area contributed by atoms with E-state index in [1.807, 2.05) is 30.3 Å². The monoisotopic (exact) mass is 345 g/mol. The van der Waals surface area contributed by atoms with Crippen LogP contribution in [0.25, 0.3) is 11.4 Å². The van der Waals surface area contributed by atoms with Crippen LogP contribution < -0.4 is 0 Å². The van der Waals surface area contributed by atoms with Crippen molar-refractivity contribution in [2.24, 2.45) is 0 Å². The zero-order valence-corrected chi connectivity index (χ0v) is 9.85. The Kier molecular flexibility index (Phi) is 3.57. The standard InChI is InChI=1S/C8H5N2S.W/c1-2-4-7(5-3-1)8-9-6-11-10-8;/h1-5H;/q-1;. The molecule has 1 aromatic carbocycles. The van der Waals surface area contributed by atoms with Gasteiger partial charge in [-0.2, -0.15) is 11.5 Å². The average Bonchev–Trinajstić information content (AvgIpc) is 2.58. The Morgan fingerprint density at radius 1 is 1.17 bits per heavy atom. The topological polar surface area (TPSA) is 25.8 Å². The van der Waals surface area contributed by atoms with Crippen molar-refractivity contribution in [3.05, 3.63) is 35.8 Å². The van der Waals surface area contributed by atoms with Crippen LogP contribution in [0.5, 0.6) is 0 Å². The quantitative estimate of drug-likeness (QED) is 0.739. The summed E-state index contributed by atoms with van der Waals surface area (Å²) in [4.78, 5) is 3.97. The summed E-state index contributed by atoms with van der Waals surface area (Å²) < 4.78 is 4.06. The average molecular weight is 345 g/mol. The van der Waals surface area contributed by atoms with E-state index in [0.29, 0.717) is 0 Å². The molecule has 0 aliphatic carbocycles. The summed E-state index contributed by atoms with van der Waals surface area (Å²) in [5, 5.41) is 0. The number of nitrogens with zero attached hydrogens (tertiary/aromatic N) is 2. The fourth-order valence-electron chi connectivity index (χ4n) is 0.852. The molecule has 0 atom stereocenters. The molecule has 0 radical (unpaired) electrons. The molecule has 0 saturated heterocycles. The molecular weight excluding hydrogens is 340 g/mol. The molecule has 2 aromatic rings. The first kappa shape index (κ1) is 9.56. The fourth-order valence-corrected chi connectivity index (χ4v) is 1.25. The third-order valence-corrected chi connectivity index (χ3v) is 1.79. The van der Waals surface area contributed by atoms with Crippen LogP contribution in [0.15, 0.2) is 30.3 Å². The van der Waals surface area contributed by atoms with Crippen molar-refractivity contribution in [2.45, 2.75) is 0 Å². The normalized spacial score (nSPS) is 9.00. The van der Waals surface area contributed by atoms with Gasteiger partial charge < -0.3 is 4.98 Å². The van der Waals surface area contributed by atoms with Crippen molar-refractivity contribution in [3.8, 4) is 11.4 Å². The number of benzene rings is 1. The molecule has 0 amide bonds. The summed E-state index contributed by atoms with van der Waals surface area (Å²) in [6, 6.07) is 9.87. The van der Waals surface area contributed by atoms with Gasteiger partial charge in [-0.05, 0) is 0 Å². The Morgan fingerprint density at radius 3 is 2.50 bits per heavy atom. The second-order valence-corrected chi connectivity index (χ2v) is 2.62. The van der Waals surface area contributed by atoms with E-state index >= 15 is 0 Å². The van der Waals surface area contributed by atoms with E-state index < -0.39 is 0 Å². The molecule has 12 heavy (non-hydrogen) atoms. The van der Waals surface area contributed by atoms with Crippen LogP contribution >= 0.6 is 11.5 Å². The summed E-state index contributed by atoms with van der Waals surface area (Å²) in [6.07, 6.45) is 0. The van der Waals surface area contributed by atoms with Gasteiger partial charge in [-0.3, -0.25) is 4.37 Å². The minimum absolute atomic E-state index is 0. The largest absolute Gasteiger partial charge is 0.422 e. The molecule has 4 heteroatoms. The Balaban J connectivity index is 0.000000720. The predicted molar refractivity (Wildman–Crippen MR) is 44.2 cm³/mol. The summed E-state index contributed by atoms with van der Waals surface area (Å²) in [5.74, 6) is 0.760. The van der Waals surface area contributed by atoms with Crippen molar-refractivity contribution in [3.63, 3.8) is 0 Å². The van der Waals surface area contributed by atoms with Crippen LogP contribution in [0.4, 0.5) is 0 Å². The second-order valence-electron chi connectivity index (χ2n) is 2.08. The SMILES string of the molecule is [W].[c-]1nc(-c2ccccc2)ns1. The van der Waals surface area contributed by atoms with Gasteiger partial charge in [0.25, 0.3) is 0 Å². The van der Waals surface area contributed by atoms with E-state index in [-0.39, 0.29) is 21.1 Å². The van der Waals surface area contributed by atoms with Crippen LogP contribution in [0.2, 0.25) is 0 Å². The van der Waals surface area contributed by atoms with Crippen molar-refractivity contribution in [2.75, 3.05) is 0 Å². The van der Waals surface area contributed by atoms with Gasteiger partial charge in [-0.1, -0.05) is 41.4 Å². The summed E-state index contributed by atoms with van der Waals surface area (Å²) in [7, 11) is 0. The zero-order chi connectivity index (χ0) is 7.52. The van der Waals surface area contributed by atoms with Crippen LogP contribution in [-0.2, 0) is 21.1 Å². The predicted octanol–water partition coefficient (Wildman–Crippen LogP) is 2.00. The molecule has 1 heterocycles. The molecule has 0 saturated carbocycles. The number of aromatic nitrogens is 2. The van der Waals surface area contributed by atoms with Crippen molar-refractivity contribution in [1.82, 2.24) is 9.36 Å². The molecule has 0 aliphatic heterocycles. The molecular formula is C8H5N2SW-. The molecule has 60 valence electrons. The van der Waals surface area contributed by atoms with E-state index in [1.54, 1.807) is 0 Å². The van der Waals surface area contributed by atoms with Crippen LogP contribution in [0.3, 0.4) is 0 Å². The van der Waals surface area contributed by atoms with Crippen LogP contribution in [-0.4, -0.2) is 9.36 Å². The Labute approximate surface area is 89.1 Å². The summed E-state index contributed by atoms with van der Waals surface area (Å²) in [5.41, 5.74) is 3.76. The van der Waals surface area contributed by atoms with E-state index in [0.717, 1.165) is 11.4 Å². The molecule has 0 fully saturated rings. The van der Waals surface area contributed by atoms with Gasteiger partial charge in [0, 0.05) is 26.9 Å². The number of hydrogen-bond donors (Lipinski definition) is 0. The third kappa shape index (κ3) is 1.99. The van der Waals surface area contributed by atoms with E-state index in [9.17, 15) is 0 Å².